The van der Waals surface area contributed by atoms with E-state index in [1.54, 1.807) is 19.0 Å². The summed E-state index contributed by atoms with van der Waals surface area (Å²) in [4.78, 5) is 13.6. The molecule has 1 aliphatic carbocycles. The van der Waals surface area contributed by atoms with Crippen molar-refractivity contribution in [3.8, 4) is 5.75 Å². The fourth-order valence-electron chi connectivity index (χ4n) is 1.56. The predicted molar refractivity (Wildman–Crippen MR) is 67.7 cm³/mol. The van der Waals surface area contributed by atoms with Crippen molar-refractivity contribution in [2.24, 2.45) is 0 Å². The fourth-order valence-corrected chi connectivity index (χ4v) is 1.56. The Balaban J connectivity index is 2.31. The van der Waals surface area contributed by atoms with Gasteiger partial charge in [0.05, 0.1) is 11.7 Å². The molecule has 4 heteroatoms. The minimum Gasteiger partial charge on any atom is -0.490 e. The third-order valence-electron chi connectivity index (χ3n) is 2.72. The van der Waals surface area contributed by atoms with E-state index < -0.39 is 0 Å². The molecule has 0 atom stereocenters. The maximum Gasteiger partial charge on any atom is 0.257 e. The second-order valence-electron chi connectivity index (χ2n) is 4.48. The van der Waals surface area contributed by atoms with Gasteiger partial charge in [-0.1, -0.05) is 0 Å². The summed E-state index contributed by atoms with van der Waals surface area (Å²) in [5.74, 6) is 0.656. The second-order valence-corrected chi connectivity index (χ2v) is 4.48. The quantitative estimate of drug-likeness (QED) is 0.866. The average Bonchev–Trinajstić information content (AvgIpc) is 3.12. The molecule has 0 aromatic heterocycles. The summed E-state index contributed by atoms with van der Waals surface area (Å²) in [7, 11) is 5.32. The van der Waals surface area contributed by atoms with Crippen molar-refractivity contribution in [2.45, 2.75) is 18.9 Å². The molecule has 2 rings (SSSR count). The first kappa shape index (κ1) is 11.8. The summed E-state index contributed by atoms with van der Waals surface area (Å²) >= 11 is 0. The van der Waals surface area contributed by atoms with Gasteiger partial charge in [0.2, 0.25) is 0 Å². The summed E-state index contributed by atoms with van der Waals surface area (Å²) < 4.78 is 5.75. The molecule has 1 amide bonds. The fraction of sp³-hybridized carbons (Fsp3) is 0.462. The van der Waals surface area contributed by atoms with E-state index in [0.717, 1.165) is 18.5 Å². The van der Waals surface area contributed by atoms with E-state index in [9.17, 15) is 4.79 Å². The molecule has 0 spiro atoms. The molecular weight excluding hydrogens is 216 g/mol. The van der Waals surface area contributed by atoms with Crippen LogP contribution in [0.5, 0.6) is 5.75 Å². The first-order chi connectivity index (χ1) is 8.11. The Kier molecular flexibility index (Phi) is 3.22. The number of carbonyl (C=O) groups is 1. The highest BCUT2D eigenvalue weighted by Gasteiger charge is 2.26. The Morgan fingerprint density at radius 3 is 2.65 bits per heavy atom. The molecule has 1 aliphatic rings. The second kappa shape index (κ2) is 4.65. The molecule has 0 saturated heterocycles. The van der Waals surface area contributed by atoms with Crippen molar-refractivity contribution in [1.29, 1.82) is 0 Å². The summed E-state index contributed by atoms with van der Waals surface area (Å²) in [6, 6.07) is 5.62. The zero-order chi connectivity index (χ0) is 12.4. The van der Waals surface area contributed by atoms with Gasteiger partial charge in [-0.15, -0.1) is 0 Å². The van der Waals surface area contributed by atoms with E-state index >= 15 is 0 Å². The highest BCUT2D eigenvalue weighted by molar-refractivity contribution is 5.97. The number of benzene rings is 1. The molecule has 1 saturated carbocycles. The Morgan fingerprint density at radius 2 is 2.12 bits per heavy atom. The number of hydrogen-bond acceptors (Lipinski definition) is 3. The largest absolute Gasteiger partial charge is 0.490 e. The van der Waals surface area contributed by atoms with Crippen LogP contribution in [0.4, 0.5) is 5.69 Å². The van der Waals surface area contributed by atoms with E-state index in [-0.39, 0.29) is 5.91 Å². The van der Waals surface area contributed by atoms with Crippen molar-refractivity contribution in [1.82, 2.24) is 4.90 Å². The number of hydrogen-bond donors (Lipinski definition) is 1. The van der Waals surface area contributed by atoms with Crippen LogP contribution in [0.15, 0.2) is 18.2 Å². The maximum absolute atomic E-state index is 12.1. The predicted octanol–water partition coefficient (Wildman–Crippen LogP) is 1.97. The van der Waals surface area contributed by atoms with Gasteiger partial charge in [-0.05, 0) is 31.0 Å². The molecule has 0 bridgehead atoms. The minimum atomic E-state index is -0.0299. The Bertz CT molecular complexity index is 425. The van der Waals surface area contributed by atoms with Gasteiger partial charge in [0.1, 0.15) is 5.75 Å². The Labute approximate surface area is 102 Å². The molecule has 0 radical (unpaired) electrons. The zero-order valence-corrected chi connectivity index (χ0v) is 10.5. The van der Waals surface area contributed by atoms with Crippen LogP contribution in [-0.2, 0) is 0 Å². The molecule has 1 N–H and O–H groups in total. The SMILES string of the molecule is CNc1ccc(OC2CC2)c(C(=O)N(C)C)c1. The number of ether oxygens (including phenoxy) is 1. The topological polar surface area (TPSA) is 41.6 Å². The number of carbonyl (C=O) groups excluding carboxylic acids is 1. The Hall–Kier alpha value is -1.71. The number of anilines is 1. The van der Waals surface area contributed by atoms with Crippen LogP contribution in [-0.4, -0.2) is 38.1 Å². The van der Waals surface area contributed by atoms with Crippen molar-refractivity contribution >= 4 is 11.6 Å². The average molecular weight is 234 g/mol. The van der Waals surface area contributed by atoms with E-state index in [0.29, 0.717) is 17.4 Å². The Morgan fingerprint density at radius 1 is 1.41 bits per heavy atom. The van der Waals surface area contributed by atoms with Crippen LogP contribution in [0.25, 0.3) is 0 Å². The lowest BCUT2D eigenvalue weighted by Gasteiger charge is -2.15. The van der Waals surface area contributed by atoms with Crippen LogP contribution in [0.2, 0.25) is 0 Å². The summed E-state index contributed by atoms with van der Waals surface area (Å²) in [5, 5.41) is 3.03. The van der Waals surface area contributed by atoms with Crippen LogP contribution < -0.4 is 10.1 Å². The van der Waals surface area contributed by atoms with E-state index in [1.807, 2.05) is 25.2 Å². The van der Waals surface area contributed by atoms with Crippen LogP contribution in [0.3, 0.4) is 0 Å². The molecule has 1 aromatic carbocycles. The number of rotatable bonds is 4. The smallest absolute Gasteiger partial charge is 0.257 e. The van der Waals surface area contributed by atoms with Crippen molar-refractivity contribution < 1.29 is 9.53 Å². The first-order valence-corrected chi connectivity index (χ1v) is 5.82. The number of nitrogens with one attached hydrogen (secondary N) is 1. The molecule has 17 heavy (non-hydrogen) atoms. The maximum atomic E-state index is 12.1. The van der Waals surface area contributed by atoms with Crippen LogP contribution >= 0.6 is 0 Å². The summed E-state index contributed by atoms with van der Waals surface area (Å²) in [6.07, 6.45) is 2.47. The molecule has 4 nitrogen and oxygen atoms in total. The van der Waals surface area contributed by atoms with Crippen molar-refractivity contribution in [3.05, 3.63) is 23.8 Å². The van der Waals surface area contributed by atoms with Crippen molar-refractivity contribution in [2.75, 3.05) is 26.5 Å². The van der Waals surface area contributed by atoms with Gasteiger partial charge >= 0.3 is 0 Å². The van der Waals surface area contributed by atoms with Gasteiger partial charge in [0.25, 0.3) is 5.91 Å². The lowest BCUT2D eigenvalue weighted by molar-refractivity contribution is 0.0823. The van der Waals surface area contributed by atoms with E-state index in [1.165, 1.54) is 0 Å². The highest BCUT2D eigenvalue weighted by atomic mass is 16.5. The molecular formula is C13H18N2O2. The van der Waals surface area contributed by atoms with Gasteiger partial charge < -0.3 is 15.0 Å². The molecule has 92 valence electrons. The monoisotopic (exact) mass is 234 g/mol. The van der Waals surface area contributed by atoms with Crippen LogP contribution in [0, 0.1) is 0 Å². The van der Waals surface area contributed by atoms with Gasteiger partial charge in [-0.25, -0.2) is 0 Å². The lowest BCUT2D eigenvalue weighted by atomic mass is 10.1. The molecule has 0 heterocycles. The summed E-state index contributed by atoms with van der Waals surface area (Å²) in [5.41, 5.74) is 1.53. The van der Waals surface area contributed by atoms with Gasteiger partial charge in [-0.3, -0.25) is 4.79 Å². The first-order valence-electron chi connectivity index (χ1n) is 5.82. The molecule has 0 aliphatic heterocycles. The third-order valence-corrected chi connectivity index (χ3v) is 2.72. The molecule has 1 aromatic rings. The zero-order valence-electron chi connectivity index (χ0n) is 10.5. The van der Waals surface area contributed by atoms with Crippen molar-refractivity contribution in [3.63, 3.8) is 0 Å². The normalized spacial score (nSPS) is 14.3. The lowest BCUT2D eigenvalue weighted by Crippen LogP contribution is -2.22. The van der Waals surface area contributed by atoms with Gasteiger partial charge in [0.15, 0.2) is 0 Å². The van der Waals surface area contributed by atoms with E-state index in [2.05, 4.69) is 5.32 Å². The minimum absolute atomic E-state index is 0.0299. The molecule has 0 unspecified atom stereocenters. The van der Waals surface area contributed by atoms with E-state index in [4.69, 9.17) is 4.74 Å². The molecule has 1 fully saturated rings. The standard InChI is InChI=1S/C13H18N2O2/c1-14-9-4-7-12(17-10-5-6-10)11(8-9)13(16)15(2)3/h4,7-8,10,14H,5-6H2,1-3H3. The number of nitrogens with zero attached hydrogens (tertiary/aromatic N) is 1. The van der Waals surface area contributed by atoms with Crippen LogP contribution in [0.1, 0.15) is 23.2 Å². The van der Waals surface area contributed by atoms with Gasteiger partial charge in [0, 0.05) is 26.8 Å². The number of amides is 1. The third kappa shape index (κ3) is 2.70. The van der Waals surface area contributed by atoms with Gasteiger partial charge in [-0.2, -0.15) is 0 Å². The summed E-state index contributed by atoms with van der Waals surface area (Å²) in [6.45, 7) is 0. The highest BCUT2D eigenvalue weighted by Crippen LogP contribution is 2.31.